The minimum absolute atomic E-state index is 0.129. The normalized spacial score (nSPS) is 10.7. The molecule has 0 unspecified atom stereocenters. The average Bonchev–Trinajstić information content (AvgIpc) is 2.19. The summed E-state index contributed by atoms with van der Waals surface area (Å²) in [4.78, 5) is 12.0. The van der Waals surface area contributed by atoms with E-state index in [9.17, 15) is 4.79 Å². The Morgan fingerprint density at radius 3 is 2.88 bits per heavy atom. The lowest BCUT2D eigenvalue weighted by molar-refractivity contribution is 0.0722. The van der Waals surface area contributed by atoms with Crippen LogP contribution in [0.1, 0.15) is 19.4 Å². The summed E-state index contributed by atoms with van der Waals surface area (Å²) in [5, 5.41) is 0. The van der Waals surface area contributed by atoms with Crippen molar-refractivity contribution in [3.8, 4) is 0 Å². The van der Waals surface area contributed by atoms with E-state index in [-0.39, 0.29) is 16.7 Å². The molecule has 0 saturated carbocycles. The summed E-state index contributed by atoms with van der Waals surface area (Å²) < 4.78 is 6.93. The highest BCUT2D eigenvalue weighted by Crippen LogP contribution is 1.93. The Labute approximate surface area is 100 Å². The Hall–Kier alpha value is -1.20. The molecule has 0 aliphatic heterocycles. The van der Waals surface area contributed by atoms with Crippen molar-refractivity contribution in [3.63, 3.8) is 0 Å². The van der Waals surface area contributed by atoms with E-state index in [4.69, 9.17) is 22.7 Å². The Morgan fingerprint density at radius 1 is 1.62 bits per heavy atom. The zero-order valence-corrected chi connectivity index (χ0v) is 10.3. The number of nitrogens with zero attached hydrogens (tertiary/aromatic N) is 1. The van der Waals surface area contributed by atoms with Crippen LogP contribution < -0.4 is 11.3 Å². The topological polar surface area (TPSA) is 57.2 Å². The third kappa shape index (κ3) is 3.43. The van der Waals surface area contributed by atoms with Gasteiger partial charge >= 0.3 is 0 Å². The second kappa shape index (κ2) is 5.77. The zero-order chi connectivity index (χ0) is 12.1. The van der Waals surface area contributed by atoms with Crippen molar-refractivity contribution in [3.05, 3.63) is 34.2 Å². The van der Waals surface area contributed by atoms with Crippen LogP contribution in [-0.4, -0.2) is 22.3 Å². The molecule has 16 heavy (non-hydrogen) atoms. The molecule has 1 aromatic heterocycles. The molecule has 1 aromatic rings. The minimum atomic E-state index is -0.164. The Morgan fingerprint density at radius 2 is 2.31 bits per heavy atom. The first kappa shape index (κ1) is 12.9. The van der Waals surface area contributed by atoms with Gasteiger partial charge in [0, 0.05) is 12.7 Å². The summed E-state index contributed by atoms with van der Waals surface area (Å²) in [5.74, 6) is 0. The van der Waals surface area contributed by atoms with Gasteiger partial charge in [0.1, 0.15) is 4.99 Å². The second-order valence-corrected chi connectivity index (χ2v) is 4.14. The predicted octanol–water partition coefficient (Wildman–Crippen LogP) is 0.907. The number of nitrogens with two attached hydrogens (primary N) is 1. The molecule has 0 spiro atoms. The highest BCUT2D eigenvalue weighted by molar-refractivity contribution is 7.80. The molecule has 0 saturated heterocycles. The fourth-order valence-corrected chi connectivity index (χ4v) is 1.44. The van der Waals surface area contributed by atoms with Crippen molar-refractivity contribution in [1.82, 2.24) is 4.57 Å². The largest absolute Gasteiger partial charge is 0.389 e. The molecule has 5 heteroatoms. The van der Waals surface area contributed by atoms with Crippen LogP contribution in [0.2, 0.25) is 0 Å². The number of hydrogen-bond donors (Lipinski definition) is 1. The average molecular weight is 240 g/mol. The van der Waals surface area contributed by atoms with Gasteiger partial charge in [0.15, 0.2) is 0 Å². The molecule has 4 nitrogen and oxygen atoms in total. The van der Waals surface area contributed by atoms with E-state index >= 15 is 0 Å². The van der Waals surface area contributed by atoms with Crippen molar-refractivity contribution >= 4 is 17.2 Å². The van der Waals surface area contributed by atoms with Gasteiger partial charge in [-0.05, 0) is 26.0 Å². The smallest absolute Gasteiger partial charge is 0.260 e. The van der Waals surface area contributed by atoms with E-state index < -0.39 is 0 Å². The molecule has 0 amide bonds. The van der Waals surface area contributed by atoms with E-state index in [1.165, 1.54) is 0 Å². The van der Waals surface area contributed by atoms with Crippen molar-refractivity contribution < 1.29 is 4.74 Å². The van der Waals surface area contributed by atoms with Crippen LogP contribution in [0, 0.1) is 0 Å². The lowest BCUT2D eigenvalue weighted by atomic mass is 10.3. The fourth-order valence-electron chi connectivity index (χ4n) is 1.29. The molecule has 0 aliphatic rings. The molecular formula is C11H16N2O2S. The van der Waals surface area contributed by atoms with Crippen LogP contribution in [0.15, 0.2) is 23.1 Å². The molecular weight excluding hydrogens is 224 g/mol. The monoisotopic (exact) mass is 240 g/mol. The van der Waals surface area contributed by atoms with Crippen molar-refractivity contribution in [2.45, 2.75) is 26.5 Å². The van der Waals surface area contributed by atoms with Crippen LogP contribution in [0.5, 0.6) is 0 Å². The predicted molar refractivity (Wildman–Crippen MR) is 67.7 cm³/mol. The van der Waals surface area contributed by atoms with Gasteiger partial charge in [0.05, 0.1) is 18.3 Å². The van der Waals surface area contributed by atoms with Gasteiger partial charge in [0.25, 0.3) is 5.56 Å². The first-order valence-corrected chi connectivity index (χ1v) is 5.54. The summed E-state index contributed by atoms with van der Waals surface area (Å²) in [6, 6.07) is 3.38. The van der Waals surface area contributed by atoms with Crippen molar-refractivity contribution in [2.75, 3.05) is 6.61 Å². The lowest BCUT2D eigenvalue weighted by Crippen LogP contribution is -2.29. The number of thiocarbonyl (C=S) groups is 1. The standard InChI is InChI=1S/C11H16N2O2S/c1-8(2)15-7-6-13-5-3-4-9(10(12)16)11(13)14/h3-5,8H,6-7H2,1-2H3,(H2,12,16). The van der Waals surface area contributed by atoms with Gasteiger partial charge in [-0.25, -0.2) is 0 Å². The molecule has 1 rings (SSSR count). The van der Waals surface area contributed by atoms with Gasteiger partial charge in [-0.15, -0.1) is 0 Å². The summed E-state index contributed by atoms with van der Waals surface area (Å²) in [6.45, 7) is 4.91. The zero-order valence-electron chi connectivity index (χ0n) is 9.47. The molecule has 0 aliphatic carbocycles. The van der Waals surface area contributed by atoms with Crippen LogP contribution in [0.3, 0.4) is 0 Å². The molecule has 0 fully saturated rings. The third-order valence-corrected chi connectivity index (χ3v) is 2.29. The van der Waals surface area contributed by atoms with Gasteiger partial charge in [-0.3, -0.25) is 4.79 Å². The summed E-state index contributed by atoms with van der Waals surface area (Å²) in [7, 11) is 0. The van der Waals surface area contributed by atoms with Gasteiger partial charge in [-0.2, -0.15) is 0 Å². The quantitative estimate of drug-likeness (QED) is 0.777. The summed E-state index contributed by atoms with van der Waals surface area (Å²) in [5.41, 5.74) is 5.66. The van der Waals surface area contributed by atoms with Gasteiger partial charge in [0.2, 0.25) is 0 Å². The van der Waals surface area contributed by atoms with Crippen LogP contribution >= 0.6 is 12.2 Å². The van der Waals surface area contributed by atoms with Gasteiger partial charge in [-0.1, -0.05) is 12.2 Å². The van der Waals surface area contributed by atoms with E-state index in [0.29, 0.717) is 18.7 Å². The number of hydrogen-bond acceptors (Lipinski definition) is 3. The maximum atomic E-state index is 11.8. The van der Waals surface area contributed by atoms with Crippen LogP contribution in [0.25, 0.3) is 0 Å². The highest BCUT2D eigenvalue weighted by Gasteiger charge is 2.05. The molecule has 88 valence electrons. The minimum Gasteiger partial charge on any atom is -0.389 e. The van der Waals surface area contributed by atoms with E-state index in [1.54, 1.807) is 22.9 Å². The summed E-state index contributed by atoms with van der Waals surface area (Å²) >= 11 is 4.80. The molecule has 0 atom stereocenters. The van der Waals surface area contributed by atoms with Gasteiger partial charge < -0.3 is 15.0 Å². The Bertz CT molecular complexity index is 426. The Kier molecular flexibility index (Phi) is 4.64. The maximum Gasteiger partial charge on any atom is 0.260 e. The number of ether oxygens (including phenoxy) is 1. The molecule has 0 radical (unpaired) electrons. The Balaban J connectivity index is 2.78. The summed E-state index contributed by atoms with van der Waals surface area (Å²) in [6.07, 6.45) is 1.86. The molecule has 2 N–H and O–H groups in total. The molecule has 1 heterocycles. The fraction of sp³-hybridized carbons (Fsp3) is 0.455. The molecule has 0 aromatic carbocycles. The second-order valence-electron chi connectivity index (χ2n) is 3.70. The SMILES string of the molecule is CC(C)OCCn1cccc(C(N)=S)c1=O. The van der Waals surface area contributed by atoms with Crippen molar-refractivity contribution in [1.29, 1.82) is 0 Å². The number of aromatic nitrogens is 1. The highest BCUT2D eigenvalue weighted by atomic mass is 32.1. The van der Waals surface area contributed by atoms with Crippen LogP contribution in [-0.2, 0) is 11.3 Å². The van der Waals surface area contributed by atoms with E-state index in [2.05, 4.69) is 0 Å². The molecule has 0 bridgehead atoms. The van der Waals surface area contributed by atoms with Crippen molar-refractivity contribution in [2.24, 2.45) is 5.73 Å². The number of rotatable bonds is 5. The lowest BCUT2D eigenvalue weighted by Gasteiger charge is -2.10. The number of pyridine rings is 1. The van der Waals surface area contributed by atoms with Crippen LogP contribution in [0.4, 0.5) is 0 Å². The first-order chi connectivity index (χ1) is 7.52. The van der Waals surface area contributed by atoms with E-state index in [1.807, 2.05) is 13.8 Å². The third-order valence-electron chi connectivity index (χ3n) is 2.07. The first-order valence-electron chi connectivity index (χ1n) is 5.13. The van der Waals surface area contributed by atoms with E-state index in [0.717, 1.165) is 0 Å². The maximum absolute atomic E-state index is 11.8.